The largest absolute Gasteiger partial charge is 0.351 e. The number of amides is 2. The maximum absolute atomic E-state index is 13.4. The van der Waals surface area contributed by atoms with Gasteiger partial charge in [-0.1, -0.05) is 31.4 Å². The normalized spacial score (nSPS) is 18.4. The maximum Gasteiger partial charge on any atom is 0.247 e. The highest BCUT2D eigenvalue weighted by molar-refractivity contribution is 7.10. The number of carbonyl (C=O) groups is 2. The summed E-state index contributed by atoms with van der Waals surface area (Å²) < 4.78 is 0. The van der Waals surface area contributed by atoms with Crippen molar-refractivity contribution in [3.05, 3.63) is 52.5 Å². The quantitative estimate of drug-likeness (QED) is 0.771. The van der Waals surface area contributed by atoms with Crippen LogP contribution in [-0.2, 0) is 16.0 Å². The van der Waals surface area contributed by atoms with E-state index in [9.17, 15) is 9.59 Å². The Hall–Kier alpha value is -2.21. The van der Waals surface area contributed by atoms with E-state index in [4.69, 9.17) is 0 Å². The number of thiophene rings is 1. The van der Waals surface area contributed by atoms with Crippen molar-refractivity contribution in [2.75, 3.05) is 0 Å². The molecule has 1 atom stereocenters. The summed E-state index contributed by atoms with van der Waals surface area (Å²) in [5.74, 6) is -0.0380. The molecule has 2 heterocycles. The minimum atomic E-state index is -0.601. The summed E-state index contributed by atoms with van der Waals surface area (Å²) in [5, 5.41) is 5.22. The summed E-state index contributed by atoms with van der Waals surface area (Å²) in [6.07, 6.45) is 11.3. The minimum Gasteiger partial charge on any atom is -0.351 e. The van der Waals surface area contributed by atoms with Crippen LogP contribution in [0, 0.1) is 0 Å². The number of aromatic nitrogens is 1. The van der Waals surface area contributed by atoms with E-state index in [0.717, 1.165) is 49.0 Å². The predicted octanol–water partition coefficient (Wildman–Crippen LogP) is 3.87. The molecule has 148 valence electrons. The second kappa shape index (κ2) is 8.86. The van der Waals surface area contributed by atoms with E-state index in [1.807, 2.05) is 34.5 Å². The zero-order valence-corrected chi connectivity index (χ0v) is 16.9. The highest BCUT2D eigenvalue weighted by Crippen LogP contribution is 2.35. The van der Waals surface area contributed by atoms with E-state index in [0.29, 0.717) is 6.42 Å². The highest BCUT2D eigenvalue weighted by atomic mass is 32.1. The molecule has 2 fully saturated rings. The SMILES string of the molecule is O=C(NC1CCCCC1)[C@H](c1cccnc1)N(C(=O)Cc1cccs1)C1CC1. The van der Waals surface area contributed by atoms with E-state index in [-0.39, 0.29) is 23.9 Å². The van der Waals surface area contributed by atoms with E-state index in [1.54, 1.807) is 23.7 Å². The monoisotopic (exact) mass is 397 g/mol. The number of rotatable bonds is 7. The van der Waals surface area contributed by atoms with Crippen LogP contribution >= 0.6 is 11.3 Å². The van der Waals surface area contributed by atoms with Crippen LogP contribution in [0.1, 0.15) is 61.4 Å². The van der Waals surface area contributed by atoms with Crippen molar-refractivity contribution < 1.29 is 9.59 Å². The van der Waals surface area contributed by atoms with Gasteiger partial charge in [0.15, 0.2) is 0 Å². The Kier molecular flexibility index (Phi) is 6.05. The van der Waals surface area contributed by atoms with Crippen molar-refractivity contribution >= 4 is 23.2 Å². The molecule has 2 aromatic rings. The number of hydrogen-bond acceptors (Lipinski definition) is 4. The number of nitrogens with one attached hydrogen (secondary N) is 1. The van der Waals surface area contributed by atoms with Crippen LogP contribution in [0.4, 0.5) is 0 Å². The minimum absolute atomic E-state index is 0.0256. The summed E-state index contributed by atoms with van der Waals surface area (Å²) in [5.41, 5.74) is 0.794. The summed E-state index contributed by atoms with van der Waals surface area (Å²) in [4.78, 5) is 33.7. The molecule has 0 spiro atoms. The fourth-order valence-electron chi connectivity index (χ4n) is 4.07. The lowest BCUT2D eigenvalue weighted by atomic mass is 9.94. The Morgan fingerprint density at radius 3 is 2.61 bits per heavy atom. The first-order valence-corrected chi connectivity index (χ1v) is 11.1. The summed E-state index contributed by atoms with van der Waals surface area (Å²) in [7, 11) is 0. The number of carbonyl (C=O) groups excluding carboxylic acids is 2. The van der Waals surface area contributed by atoms with Crippen LogP contribution in [-0.4, -0.2) is 33.8 Å². The smallest absolute Gasteiger partial charge is 0.247 e. The molecule has 0 saturated heterocycles. The third-order valence-corrected chi connectivity index (χ3v) is 6.49. The van der Waals surface area contributed by atoms with Crippen molar-refractivity contribution in [3.8, 4) is 0 Å². The van der Waals surface area contributed by atoms with Gasteiger partial charge in [0, 0.05) is 34.9 Å². The number of hydrogen-bond donors (Lipinski definition) is 1. The van der Waals surface area contributed by atoms with Gasteiger partial charge in [-0.25, -0.2) is 0 Å². The van der Waals surface area contributed by atoms with Gasteiger partial charge in [0.05, 0.1) is 6.42 Å². The topological polar surface area (TPSA) is 62.3 Å². The molecule has 0 unspecified atom stereocenters. The van der Waals surface area contributed by atoms with Crippen molar-refractivity contribution in [1.82, 2.24) is 15.2 Å². The third kappa shape index (κ3) is 4.61. The zero-order valence-electron chi connectivity index (χ0n) is 16.0. The van der Waals surface area contributed by atoms with Crippen LogP contribution < -0.4 is 5.32 Å². The molecular formula is C22H27N3O2S. The maximum atomic E-state index is 13.4. The Morgan fingerprint density at radius 1 is 1.14 bits per heavy atom. The van der Waals surface area contributed by atoms with Gasteiger partial charge in [0.2, 0.25) is 11.8 Å². The molecule has 28 heavy (non-hydrogen) atoms. The first-order chi connectivity index (χ1) is 13.7. The van der Waals surface area contributed by atoms with Gasteiger partial charge < -0.3 is 10.2 Å². The standard InChI is InChI=1S/C22H27N3O2S/c26-20(14-19-9-5-13-28-19)25(18-10-11-18)21(16-6-4-12-23-15-16)22(27)24-17-7-2-1-3-8-17/h4-6,9,12-13,15,17-18,21H,1-3,7-8,10-11,14H2,(H,24,27)/t21-/m0/s1. The second-order valence-corrected chi connectivity index (χ2v) is 8.85. The van der Waals surface area contributed by atoms with Crippen LogP contribution in [0.5, 0.6) is 0 Å². The van der Waals surface area contributed by atoms with E-state index in [2.05, 4.69) is 10.3 Å². The Bertz CT molecular complexity index is 783. The van der Waals surface area contributed by atoms with Crippen LogP contribution in [0.25, 0.3) is 0 Å². The number of pyridine rings is 1. The van der Waals surface area contributed by atoms with Crippen molar-refractivity contribution in [2.24, 2.45) is 0 Å². The lowest BCUT2D eigenvalue weighted by Gasteiger charge is -2.33. The summed E-state index contributed by atoms with van der Waals surface area (Å²) in [6.45, 7) is 0. The molecule has 2 amide bonds. The van der Waals surface area contributed by atoms with Gasteiger partial charge in [-0.2, -0.15) is 0 Å². The molecule has 1 N–H and O–H groups in total. The molecule has 0 aliphatic heterocycles. The molecule has 0 radical (unpaired) electrons. The van der Waals surface area contributed by atoms with Crippen molar-refractivity contribution in [1.29, 1.82) is 0 Å². The van der Waals surface area contributed by atoms with Gasteiger partial charge in [0.1, 0.15) is 6.04 Å². The molecule has 5 nitrogen and oxygen atoms in total. The highest BCUT2D eigenvalue weighted by Gasteiger charge is 2.41. The van der Waals surface area contributed by atoms with Crippen LogP contribution in [0.3, 0.4) is 0 Å². The average Bonchev–Trinajstić information content (AvgIpc) is 3.42. The fourth-order valence-corrected chi connectivity index (χ4v) is 4.76. The van der Waals surface area contributed by atoms with Crippen LogP contribution in [0.15, 0.2) is 42.0 Å². The van der Waals surface area contributed by atoms with Gasteiger partial charge >= 0.3 is 0 Å². The van der Waals surface area contributed by atoms with Crippen molar-refractivity contribution in [2.45, 2.75) is 69.5 Å². The van der Waals surface area contributed by atoms with E-state index < -0.39 is 6.04 Å². The van der Waals surface area contributed by atoms with E-state index in [1.165, 1.54) is 6.42 Å². The van der Waals surface area contributed by atoms with Crippen molar-refractivity contribution in [3.63, 3.8) is 0 Å². The lowest BCUT2D eigenvalue weighted by molar-refractivity contribution is -0.141. The third-order valence-electron chi connectivity index (χ3n) is 5.61. The Balaban J connectivity index is 1.58. The predicted molar refractivity (Wildman–Crippen MR) is 110 cm³/mol. The molecule has 2 aliphatic rings. The summed E-state index contributed by atoms with van der Waals surface area (Å²) >= 11 is 1.58. The molecule has 0 bridgehead atoms. The average molecular weight is 398 g/mol. The molecule has 2 aliphatic carbocycles. The van der Waals surface area contributed by atoms with Gasteiger partial charge in [-0.05, 0) is 43.2 Å². The molecule has 6 heteroatoms. The Labute approximate surface area is 170 Å². The van der Waals surface area contributed by atoms with Gasteiger partial charge in [0.25, 0.3) is 0 Å². The van der Waals surface area contributed by atoms with Crippen LogP contribution in [0.2, 0.25) is 0 Å². The second-order valence-electron chi connectivity index (χ2n) is 7.82. The number of nitrogens with zero attached hydrogens (tertiary/aromatic N) is 2. The first kappa shape index (κ1) is 19.1. The van der Waals surface area contributed by atoms with Gasteiger partial charge in [-0.15, -0.1) is 11.3 Å². The van der Waals surface area contributed by atoms with Gasteiger partial charge in [-0.3, -0.25) is 14.6 Å². The van der Waals surface area contributed by atoms with E-state index >= 15 is 0 Å². The molecule has 4 rings (SSSR count). The molecule has 0 aromatic carbocycles. The lowest BCUT2D eigenvalue weighted by Crippen LogP contribution is -2.48. The summed E-state index contributed by atoms with van der Waals surface area (Å²) in [6, 6.07) is 7.45. The molecule has 2 saturated carbocycles. The first-order valence-electron chi connectivity index (χ1n) is 10.3. The molecular weight excluding hydrogens is 370 g/mol. The zero-order chi connectivity index (χ0) is 19.3. The Morgan fingerprint density at radius 2 is 1.96 bits per heavy atom. The fraction of sp³-hybridized carbons (Fsp3) is 0.500. The molecule has 2 aromatic heterocycles.